The minimum atomic E-state index is -0.965. The highest BCUT2D eigenvalue weighted by atomic mass is 28.3. The molecule has 1 aliphatic carbocycles. The quantitative estimate of drug-likeness (QED) is 0.457. The molecule has 2 aromatic carbocycles. The average Bonchev–Trinajstić information content (AvgIpc) is 3.34. The third kappa shape index (κ3) is 3.22. The molecule has 0 bridgehead atoms. The molecule has 1 saturated heterocycles. The van der Waals surface area contributed by atoms with Crippen LogP contribution in [0.1, 0.15) is 50.2 Å². The topological polar surface area (TPSA) is 70.6 Å². The molecule has 4 atom stereocenters. The Labute approximate surface area is 204 Å². The van der Waals surface area contributed by atoms with E-state index in [0.717, 1.165) is 37.1 Å². The molecule has 0 saturated carbocycles. The van der Waals surface area contributed by atoms with Crippen LogP contribution in [0.3, 0.4) is 0 Å². The third-order valence-corrected chi connectivity index (χ3v) is 8.92. The molecule has 1 fully saturated rings. The maximum Gasteiger partial charge on any atom is 0.333 e. The lowest BCUT2D eigenvalue weighted by molar-refractivity contribution is -0.133. The highest BCUT2D eigenvalue weighted by Gasteiger charge is 2.71. The predicted octanol–water partition coefficient (Wildman–Crippen LogP) is 5.22. The second-order valence-corrected chi connectivity index (χ2v) is 12.2. The summed E-state index contributed by atoms with van der Waals surface area (Å²) in [5.74, 6) is -0.816. The van der Waals surface area contributed by atoms with E-state index >= 15 is 0 Å². The molecule has 3 N–H and O–H groups in total. The molecule has 2 aliphatic heterocycles. The van der Waals surface area contributed by atoms with E-state index in [-0.39, 0.29) is 12.1 Å². The van der Waals surface area contributed by atoms with E-state index in [1.54, 1.807) is 0 Å². The first-order valence-electron chi connectivity index (χ1n) is 12.5. The molecular weight excluding hydrogens is 440 g/mol. The number of rotatable bonds is 8. The molecule has 34 heavy (non-hydrogen) atoms. The molecule has 1 spiro atoms. The average molecular weight is 476 g/mol. The Hall–Kier alpha value is -2.41. The number of carboxylic acids is 1. The molecule has 2 heterocycles. The van der Waals surface area contributed by atoms with Crippen LogP contribution in [-0.2, 0) is 20.1 Å². The monoisotopic (exact) mass is 475 g/mol. The van der Waals surface area contributed by atoms with Gasteiger partial charge in [0, 0.05) is 35.5 Å². The fraction of sp³-hybridized carbons (Fsp3) is 0.464. The van der Waals surface area contributed by atoms with Gasteiger partial charge >= 0.3 is 5.97 Å². The predicted molar refractivity (Wildman–Crippen MR) is 137 cm³/mol. The number of fused-ring (bicyclic) bond motifs is 1. The van der Waals surface area contributed by atoms with Crippen molar-refractivity contribution in [1.82, 2.24) is 5.32 Å². The molecule has 0 aromatic heterocycles. The second-order valence-electron chi connectivity index (χ2n) is 10.1. The standard InChI is InChI=1S/C28H35N2O3Si/c1-4-5-15-23-27(18-33-34(2)3,19-11-7-6-8-12-19)28-21-13-9-10-14-22(21)29-25(28)20(26(31)32)16-17-24(28)30-23/h6-14,23-24,29-30H,4-5,15-18H2,1-3H3,(H,31,32). The van der Waals surface area contributed by atoms with Gasteiger partial charge in [0.05, 0.1) is 11.0 Å². The van der Waals surface area contributed by atoms with Gasteiger partial charge in [-0.25, -0.2) is 4.79 Å². The minimum absolute atomic E-state index is 0.136. The summed E-state index contributed by atoms with van der Waals surface area (Å²) in [6, 6.07) is 19.5. The molecular formula is C28H35N2O3Si. The Balaban J connectivity index is 1.87. The zero-order valence-corrected chi connectivity index (χ0v) is 21.4. The summed E-state index contributed by atoms with van der Waals surface area (Å²) in [7, 11) is -0.965. The van der Waals surface area contributed by atoms with Gasteiger partial charge in [-0.2, -0.15) is 0 Å². The maximum absolute atomic E-state index is 12.6. The van der Waals surface area contributed by atoms with Crippen molar-refractivity contribution in [1.29, 1.82) is 0 Å². The molecule has 5 rings (SSSR count). The van der Waals surface area contributed by atoms with Gasteiger partial charge in [-0.05, 0) is 49.5 Å². The molecule has 4 unspecified atom stereocenters. The number of hydrogen-bond donors (Lipinski definition) is 3. The number of nitrogens with one attached hydrogen (secondary N) is 2. The molecule has 179 valence electrons. The molecule has 2 aromatic rings. The van der Waals surface area contributed by atoms with E-state index in [2.05, 4.69) is 79.2 Å². The van der Waals surface area contributed by atoms with Gasteiger partial charge in [0.25, 0.3) is 0 Å². The largest absolute Gasteiger partial charge is 0.478 e. The van der Waals surface area contributed by atoms with Crippen molar-refractivity contribution in [2.75, 3.05) is 11.9 Å². The van der Waals surface area contributed by atoms with Crippen LogP contribution < -0.4 is 10.6 Å². The van der Waals surface area contributed by atoms with Crippen LogP contribution >= 0.6 is 0 Å². The van der Waals surface area contributed by atoms with Crippen molar-refractivity contribution < 1.29 is 14.3 Å². The number of carbonyl (C=O) groups is 1. The summed E-state index contributed by atoms with van der Waals surface area (Å²) >= 11 is 0. The van der Waals surface area contributed by atoms with Crippen molar-refractivity contribution in [2.24, 2.45) is 0 Å². The molecule has 3 aliphatic rings. The number of carboxylic acid groups (broad SMARTS) is 1. The lowest BCUT2D eigenvalue weighted by Gasteiger charge is -2.51. The van der Waals surface area contributed by atoms with E-state index in [0.29, 0.717) is 18.6 Å². The van der Waals surface area contributed by atoms with Crippen molar-refractivity contribution in [3.8, 4) is 0 Å². The van der Waals surface area contributed by atoms with E-state index in [1.807, 2.05) is 6.07 Å². The fourth-order valence-corrected chi connectivity index (χ4v) is 7.44. The van der Waals surface area contributed by atoms with Crippen molar-refractivity contribution in [3.63, 3.8) is 0 Å². The highest BCUT2D eigenvalue weighted by molar-refractivity contribution is 6.48. The summed E-state index contributed by atoms with van der Waals surface area (Å²) < 4.78 is 6.62. The van der Waals surface area contributed by atoms with Gasteiger partial charge in [0.1, 0.15) is 0 Å². The van der Waals surface area contributed by atoms with Gasteiger partial charge < -0.3 is 20.2 Å². The van der Waals surface area contributed by atoms with Crippen LogP contribution in [0.15, 0.2) is 65.9 Å². The van der Waals surface area contributed by atoms with Crippen molar-refractivity contribution >= 4 is 20.7 Å². The summed E-state index contributed by atoms with van der Waals surface area (Å²) in [5.41, 5.74) is 3.91. The van der Waals surface area contributed by atoms with Crippen molar-refractivity contribution in [3.05, 3.63) is 77.0 Å². The van der Waals surface area contributed by atoms with E-state index < -0.39 is 25.8 Å². The van der Waals surface area contributed by atoms with Crippen LogP contribution in [0.5, 0.6) is 0 Å². The first-order valence-corrected chi connectivity index (χ1v) is 15.0. The second kappa shape index (κ2) is 8.99. The van der Waals surface area contributed by atoms with Gasteiger partial charge in [-0.1, -0.05) is 68.3 Å². The summed E-state index contributed by atoms with van der Waals surface area (Å²) in [5, 5.41) is 18.0. The molecule has 5 nitrogen and oxygen atoms in total. The van der Waals surface area contributed by atoms with E-state index in [1.165, 1.54) is 11.1 Å². The smallest absolute Gasteiger partial charge is 0.333 e. The molecule has 1 radical (unpaired) electrons. The van der Waals surface area contributed by atoms with Gasteiger partial charge in [0.15, 0.2) is 0 Å². The Morgan fingerprint density at radius 3 is 2.59 bits per heavy atom. The van der Waals surface area contributed by atoms with Gasteiger partial charge in [0.2, 0.25) is 9.04 Å². The normalized spacial score (nSPS) is 29.5. The Bertz CT molecular complexity index is 1100. The van der Waals surface area contributed by atoms with E-state index in [9.17, 15) is 9.90 Å². The number of para-hydroxylation sites is 1. The summed E-state index contributed by atoms with van der Waals surface area (Å²) in [6.45, 7) is 7.18. The Kier molecular flexibility index (Phi) is 6.17. The first-order chi connectivity index (χ1) is 16.5. The zero-order valence-electron chi connectivity index (χ0n) is 20.4. The Morgan fingerprint density at radius 1 is 1.15 bits per heavy atom. The van der Waals surface area contributed by atoms with Crippen LogP contribution in [0.2, 0.25) is 13.1 Å². The Morgan fingerprint density at radius 2 is 1.88 bits per heavy atom. The van der Waals surface area contributed by atoms with Crippen LogP contribution in [0, 0.1) is 0 Å². The lowest BCUT2D eigenvalue weighted by Crippen LogP contribution is -2.59. The minimum Gasteiger partial charge on any atom is -0.478 e. The van der Waals surface area contributed by atoms with Crippen LogP contribution in [0.4, 0.5) is 5.69 Å². The van der Waals surface area contributed by atoms with Crippen LogP contribution in [0.25, 0.3) is 0 Å². The zero-order chi connectivity index (χ0) is 23.9. The third-order valence-electron chi connectivity index (χ3n) is 8.20. The fourth-order valence-electron chi connectivity index (χ4n) is 6.92. The number of benzene rings is 2. The van der Waals surface area contributed by atoms with Gasteiger partial charge in [-0.15, -0.1) is 0 Å². The SMILES string of the molecule is CCCCC1NC2CCC(C(=O)O)=C3Nc4ccccc4C32C1(CO[Si](C)C)c1ccccc1. The maximum atomic E-state index is 12.6. The lowest BCUT2D eigenvalue weighted by atomic mass is 9.51. The number of hydrogen-bond acceptors (Lipinski definition) is 4. The first kappa shape index (κ1) is 23.3. The summed E-state index contributed by atoms with van der Waals surface area (Å²) in [6.07, 6.45) is 4.63. The van der Waals surface area contributed by atoms with E-state index in [4.69, 9.17) is 4.43 Å². The number of anilines is 1. The number of aliphatic carboxylic acids is 1. The van der Waals surface area contributed by atoms with Crippen molar-refractivity contribution in [2.45, 2.75) is 75.0 Å². The van der Waals surface area contributed by atoms with Gasteiger partial charge in [-0.3, -0.25) is 0 Å². The summed E-state index contributed by atoms with van der Waals surface area (Å²) in [4.78, 5) is 12.6. The van der Waals surface area contributed by atoms with Crippen LogP contribution in [-0.4, -0.2) is 38.8 Å². The molecule has 6 heteroatoms. The number of unbranched alkanes of at least 4 members (excludes halogenated alkanes) is 1. The highest BCUT2D eigenvalue weighted by Crippen LogP contribution is 2.65. The molecule has 0 amide bonds.